The van der Waals surface area contributed by atoms with Gasteiger partial charge in [0.1, 0.15) is 0 Å². The molecule has 1 saturated heterocycles. The molecule has 1 aromatic rings. The van der Waals surface area contributed by atoms with E-state index in [1.165, 1.54) is 37.9 Å². The summed E-state index contributed by atoms with van der Waals surface area (Å²) in [5, 5.41) is 0. The molecule has 0 saturated carbocycles. The maximum atomic E-state index is 6.29. The average Bonchev–Trinajstić information content (AvgIpc) is 2.43. The number of piperidine rings is 1. The Balaban J connectivity index is 1.76. The summed E-state index contributed by atoms with van der Waals surface area (Å²) in [6.45, 7) is 8.21. The number of rotatable bonds is 5. The van der Waals surface area contributed by atoms with Crippen LogP contribution in [-0.2, 0) is 6.42 Å². The standard InChI is InChI=1S/C17H28N2/c1-3-17(2)9-11-19(12-10-17)14-16(18)13-15-7-5-4-6-8-15/h4-8,16H,3,9-14,18H2,1-2H3. The molecule has 1 fully saturated rings. The van der Waals surface area contributed by atoms with Crippen LogP contribution in [0.3, 0.4) is 0 Å². The van der Waals surface area contributed by atoms with Gasteiger partial charge < -0.3 is 10.6 Å². The molecule has 2 nitrogen and oxygen atoms in total. The molecule has 1 aliphatic heterocycles. The molecule has 2 N–H and O–H groups in total. The maximum Gasteiger partial charge on any atom is 0.0208 e. The van der Waals surface area contributed by atoms with Crippen molar-refractivity contribution in [1.29, 1.82) is 0 Å². The molecule has 0 aromatic heterocycles. The van der Waals surface area contributed by atoms with E-state index in [0.717, 1.165) is 13.0 Å². The SMILES string of the molecule is CCC1(C)CCN(CC(N)Cc2ccccc2)CC1. The number of hydrogen-bond donors (Lipinski definition) is 1. The highest BCUT2D eigenvalue weighted by Crippen LogP contribution is 2.33. The highest BCUT2D eigenvalue weighted by Gasteiger charge is 2.28. The third kappa shape index (κ3) is 4.32. The second-order valence-corrected chi connectivity index (χ2v) is 6.41. The van der Waals surface area contributed by atoms with E-state index in [0.29, 0.717) is 5.41 Å². The Labute approximate surface area is 118 Å². The van der Waals surface area contributed by atoms with Gasteiger partial charge in [0.05, 0.1) is 0 Å². The van der Waals surface area contributed by atoms with Crippen LogP contribution in [0.25, 0.3) is 0 Å². The Morgan fingerprint density at radius 3 is 2.42 bits per heavy atom. The monoisotopic (exact) mass is 260 g/mol. The molecular weight excluding hydrogens is 232 g/mol. The fraction of sp³-hybridized carbons (Fsp3) is 0.647. The Bertz CT molecular complexity index is 366. The van der Waals surface area contributed by atoms with Crippen LogP contribution in [0.1, 0.15) is 38.7 Å². The summed E-state index contributed by atoms with van der Waals surface area (Å²) in [7, 11) is 0. The van der Waals surface area contributed by atoms with E-state index in [-0.39, 0.29) is 6.04 Å². The summed E-state index contributed by atoms with van der Waals surface area (Å²) in [5.41, 5.74) is 8.22. The summed E-state index contributed by atoms with van der Waals surface area (Å²) >= 11 is 0. The lowest BCUT2D eigenvalue weighted by atomic mass is 9.78. The molecule has 0 aliphatic carbocycles. The minimum absolute atomic E-state index is 0.258. The zero-order chi connectivity index (χ0) is 13.7. The normalized spacial score (nSPS) is 21.2. The first-order valence-electron chi connectivity index (χ1n) is 7.63. The van der Waals surface area contributed by atoms with E-state index in [1.807, 2.05) is 0 Å². The van der Waals surface area contributed by atoms with Crippen LogP contribution in [-0.4, -0.2) is 30.6 Å². The number of hydrogen-bond acceptors (Lipinski definition) is 2. The molecule has 19 heavy (non-hydrogen) atoms. The van der Waals surface area contributed by atoms with Crippen molar-refractivity contribution in [3.8, 4) is 0 Å². The van der Waals surface area contributed by atoms with E-state index in [2.05, 4.69) is 49.1 Å². The zero-order valence-corrected chi connectivity index (χ0v) is 12.4. The van der Waals surface area contributed by atoms with Gasteiger partial charge in [0.2, 0.25) is 0 Å². The van der Waals surface area contributed by atoms with Crippen LogP contribution in [0, 0.1) is 5.41 Å². The average molecular weight is 260 g/mol. The van der Waals surface area contributed by atoms with Gasteiger partial charge in [-0.3, -0.25) is 0 Å². The molecule has 2 rings (SSSR count). The van der Waals surface area contributed by atoms with Gasteiger partial charge in [-0.15, -0.1) is 0 Å². The highest BCUT2D eigenvalue weighted by molar-refractivity contribution is 5.15. The van der Waals surface area contributed by atoms with Crippen LogP contribution in [0.5, 0.6) is 0 Å². The third-order valence-corrected chi connectivity index (χ3v) is 4.75. The Morgan fingerprint density at radius 2 is 1.84 bits per heavy atom. The van der Waals surface area contributed by atoms with Gasteiger partial charge in [0.15, 0.2) is 0 Å². The summed E-state index contributed by atoms with van der Waals surface area (Å²) in [6, 6.07) is 10.8. The first-order chi connectivity index (χ1) is 9.11. The second kappa shape index (κ2) is 6.53. The van der Waals surface area contributed by atoms with E-state index in [4.69, 9.17) is 5.73 Å². The van der Waals surface area contributed by atoms with Gasteiger partial charge in [-0.1, -0.05) is 50.6 Å². The number of benzene rings is 1. The second-order valence-electron chi connectivity index (χ2n) is 6.41. The molecule has 1 unspecified atom stereocenters. The van der Waals surface area contributed by atoms with Crippen molar-refractivity contribution >= 4 is 0 Å². The van der Waals surface area contributed by atoms with Gasteiger partial charge in [-0.25, -0.2) is 0 Å². The smallest absolute Gasteiger partial charge is 0.0208 e. The highest BCUT2D eigenvalue weighted by atomic mass is 15.1. The summed E-state index contributed by atoms with van der Waals surface area (Å²) in [6.07, 6.45) is 4.93. The van der Waals surface area contributed by atoms with E-state index in [9.17, 15) is 0 Å². The molecule has 106 valence electrons. The van der Waals surface area contributed by atoms with Crippen molar-refractivity contribution in [3.63, 3.8) is 0 Å². The quantitative estimate of drug-likeness (QED) is 0.881. The zero-order valence-electron chi connectivity index (χ0n) is 12.4. The third-order valence-electron chi connectivity index (χ3n) is 4.75. The lowest BCUT2D eigenvalue weighted by Crippen LogP contribution is -2.45. The fourth-order valence-corrected chi connectivity index (χ4v) is 2.94. The lowest BCUT2D eigenvalue weighted by molar-refractivity contribution is 0.110. The fourth-order valence-electron chi connectivity index (χ4n) is 2.94. The molecule has 2 heteroatoms. The van der Waals surface area contributed by atoms with Gasteiger partial charge in [-0.05, 0) is 43.3 Å². The number of nitrogens with two attached hydrogens (primary N) is 1. The van der Waals surface area contributed by atoms with E-state index >= 15 is 0 Å². The Morgan fingerprint density at radius 1 is 1.21 bits per heavy atom. The van der Waals surface area contributed by atoms with Crippen LogP contribution in [0.2, 0.25) is 0 Å². The predicted molar refractivity (Wildman–Crippen MR) is 82.2 cm³/mol. The molecule has 0 amide bonds. The maximum absolute atomic E-state index is 6.29. The Kier molecular flexibility index (Phi) is 5.00. The summed E-state index contributed by atoms with van der Waals surface area (Å²) in [4.78, 5) is 2.55. The van der Waals surface area contributed by atoms with Crippen molar-refractivity contribution in [2.75, 3.05) is 19.6 Å². The topological polar surface area (TPSA) is 29.3 Å². The first kappa shape index (κ1) is 14.5. The molecule has 0 spiro atoms. The molecule has 1 aliphatic rings. The minimum atomic E-state index is 0.258. The van der Waals surface area contributed by atoms with Crippen molar-refractivity contribution in [3.05, 3.63) is 35.9 Å². The van der Waals surface area contributed by atoms with Crippen molar-refractivity contribution in [1.82, 2.24) is 4.90 Å². The summed E-state index contributed by atoms with van der Waals surface area (Å²) in [5.74, 6) is 0. The van der Waals surface area contributed by atoms with Crippen LogP contribution < -0.4 is 5.73 Å². The number of nitrogens with zero attached hydrogens (tertiary/aromatic N) is 1. The van der Waals surface area contributed by atoms with Gasteiger partial charge >= 0.3 is 0 Å². The molecule has 1 atom stereocenters. The van der Waals surface area contributed by atoms with Gasteiger partial charge in [-0.2, -0.15) is 0 Å². The molecule has 0 radical (unpaired) electrons. The summed E-state index contributed by atoms with van der Waals surface area (Å²) < 4.78 is 0. The van der Waals surface area contributed by atoms with Crippen molar-refractivity contribution < 1.29 is 0 Å². The largest absolute Gasteiger partial charge is 0.326 e. The predicted octanol–water partition coefficient (Wildman–Crippen LogP) is 3.07. The first-order valence-corrected chi connectivity index (χ1v) is 7.63. The molecule has 1 aromatic carbocycles. The molecular formula is C17H28N2. The van der Waals surface area contributed by atoms with Gasteiger partial charge in [0, 0.05) is 12.6 Å². The van der Waals surface area contributed by atoms with Crippen molar-refractivity contribution in [2.24, 2.45) is 11.1 Å². The number of likely N-dealkylation sites (tertiary alicyclic amines) is 1. The molecule has 0 bridgehead atoms. The lowest BCUT2D eigenvalue weighted by Gasteiger charge is -2.39. The van der Waals surface area contributed by atoms with Crippen LogP contribution in [0.4, 0.5) is 0 Å². The van der Waals surface area contributed by atoms with Gasteiger partial charge in [0.25, 0.3) is 0 Å². The Hall–Kier alpha value is -0.860. The van der Waals surface area contributed by atoms with Crippen LogP contribution in [0.15, 0.2) is 30.3 Å². The van der Waals surface area contributed by atoms with E-state index < -0.39 is 0 Å². The van der Waals surface area contributed by atoms with Crippen molar-refractivity contribution in [2.45, 2.75) is 45.6 Å². The van der Waals surface area contributed by atoms with E-state index in [1.54, 1.807) is 0 Å². The minimum Gasteiger partial charge on any atom is -0.326 e. The van der Waals surface area contributed by atoms with Crippen LogP contribution >= 0.6 is 0 Å². The molecule has 1 heterocycles.